The highest BCUT2D eigenvalue weighted by atomic mass is 14.7. The third kappa shape index (κ3) is 0.461. The second-order valence-corrected chi connectivity index (χ2v) is 4.30. The molecule has 0 aromatic rings. The van der Waals surface area contributed by atoms with Crippen LogP contribution in [-0.2, 0) is 0 Å². The molecular weight excluding hydrogens is 108 g/mol. The van der Waals surface area contributed by atoms with Crippen LogP contribution in [0.15, 0.2) is 0 Å². The average Bonchev–Trinajstić information content (AvgIpc) is 2.73. The maximum atomic E-state index is 1.62. The molecule has 0 radical (unpaired) electrons. The molecule has 0 nitrogen and oxygen atoms in total. The quantitative estimate of drug-likeness (QED) is 0.501. The third-order valence-corrected chi connectivity index (χ3v) is 3.86. The Morgan fingerprint density at radius 2 is 1.89 bits per heavy atom. The van der Waals surface area contributed by atoms with Crippen LogP contribution in [-0.4, -0.2) is 0 Å². The van der Waals surface area contributed by atoms with Crippen molar-refractivity contribution >= 4 is 0 Å². The summed E-state index contributed by atoms with van der Waals surface area (Å²) >= 11 is 0. The van der Waals surface area contributed by atoms with Crippen molar-refractivity contribution in [1.82, 2.24) is 0 Å². The van der Waals surface area contributed by atoms with Gasteiger partial charge in [0.25, 0.3) is 0 Å². The molecule has 0 aromatic heterocycles. The van der Waals surface area contributed by atoms with Gasteiger partial charge in [0.15, 0.2) is 0 Å². The molecule has 3 rings (SSSR count). The zero-order chi connectivity index (χ0) is 5.90. The number of hydrogen-bond acceptors (Lipinski definition) is 0. The number of hydrogen-bond donors (Lipinski definition) is 0. The summed E-state index contributed by atoms with van der Waals surface area (Å²) in [5, 5.41) is 0. The molecule has 0 saturated heterocycles. The van der Waals surface area contributed by atoms with E-state index in [9.17, 15) is 0 Å². The molecule has 0 heterocycles. The lowest BCUT2D eigenvalue weighted by molar-refractivity contribution is 0.420. The lowest BCUT2D eigenvalue weighted by Gasteiger charge is -2.07. The summed E-state index contributed by atoms with van der Waals surface area (Å²) in [5.74, 6) is 2.43. The van der Waals surface area contributed by atoms with E-state index in [4.69, 9.17) is 0 Å². The molecule has 0 aliphatic heterocycles. The van der Waals surface area contributed by atoms with Crippen LogP contribution in [0, 0.1) is 17.3 Å². The summed E-state index contributed by atoms with van der Waals surface area (Å²) in [6.45, 7) is 0. The van der Waals surface area contributed by atoms with Gasteiger partial charge in [-0.2, -0.15) is 0 Å². The van der Waals surface area contributed by atoms with Crippen LogP contribution < -0.4 is 0 Å². The summed E-state index contributed by atoms with van der Waals surface area (Å²) in [5.41, 5.74) is 0.972. The van der Waals surface area contributed by atoms with Crippen LogP contribution in [0.25, 0.3) is 0 Å². The lowest BCUT2D eigenvalue weighted by Crippen LogP contribution is -1.99. The van der Waals surface area contributed by atoms with Crippen molar-refractivity contribution < 1.29 is 0 Å². The highest BCUT2D eigenvalue weighted by molar-refractivity contribution is 5.13. The van der Waals surface area contributed by atoms with Crippen molar-refractivity contribution in [2.45, 2.75) is 38.5 Å². The van der Waals surface area contributed by atoms with Crippen molar-refractivity contribution in [3.63, 3.8) is 0 Å². The molecule has 0 amide bonds. The Labute approximate surface area is 56.6 Å². The van der Waals surface area contributed by atoms with Gasteiger partial charge in [0.2, 0.25) is 0 Å². The Hall–Kier alpha value is 0. The van der Waals surface area contributed by atoms with Gasteiger partial charge in [0, 0.05) is 0 Å². The van der Waals surface area contributed by atoms with E-state index in [1.807, 2.05) is 0 Å². The molecule has 2 atom stereocenters. The molecule has 3 aliphatic carbocycles. The molecule has 0 N–H and O–H groups in total. The third-order valence-electron chi connectivity index (χ3n) is 3.86. The molecule has 0 aromatic carbocycles. The van der Waals surface area contributed by atoms with Crippen LogP contribution in [0.5, 0.6) is 0 Å². The van der Waals surface area contributed by atoms with Gasteiger partial charge in [-0.3, -0.25) is 0 Å². The van der Waals surface area contributed by atoms with E-state index in [2.05, 4.69) is 0 Å². The largest absolute Gasteiger partial charge is 0.0525 e. The molecule has 0 heteroatoms. The molecule has 0 spiro atoms. The first-order valence-corrected chi connectivity index (χ1v) is 4.42. The molecule has 9 heavy (non-hydrogen) atoms. The average molecular weight is 122 g/mol. The Morgan fingerprint density at radius 3 is 2.33 bits per heavy atom. The zero-order valence-electron chi connectivity index (χ0n) is 5.90. The van der Waals surface area contributed by atoms with Crippen LogP contribution >= 0.6 is 0 Å². The fourth-order valence-electron chi connectivity index (χ4n) is 3.14. The molecule has 3 saturated carbocycles. The Morgan fingerprint density at radius 1 is 1.00 bits per heavy atom. The molecular formula is C9H14. The maximum Gasteiger partial charge on any atom is -0.0238 e. The van der Waals surface area contributed by atoms with Crippen molar-refractivity contribution in [2.75, 3.05) is 0 Å². The Kier molecular flexibility index (Phi) is 0.640. The summed E-state index contributed by atoms with van der Waals surface area (Å²) in [6.07, 6.45) is 9.52. The van der Waals surface area contributed by atoms with E-state index >= 15 is 0 Å². The SMILES string of the molecule is C1CC2CC2(C2CC2)C1. The van der Waals surface area contributed by atoms with E-state index in [-0.39, 0.29) is 0 Å². The van der Waals surface area contributed by atoms with Crippen LogP contribution in [0.4, 0.5) is 0 Å². The minimum Gasteiger partial charge on any atom is -0.0525 e. The summed E-state index contributed by atoms with van der Waals surface area (Å²) in [7, 11) is 0. The minimum atomic E-state index is 0.972. The van der Waals surface area contributed by atoms with E-state index < -0.39 is 0 Å². The monoisotopic (exact) mass is 122 g/mol. The van der Waals surface area contributed by atoms with Gasteiger partial charge in [0.1, 0.15) is 0 Å². The normalized spacial score (nSPS) is 55.3. The standard InChI is InChI=1S/C9H14/c1-2-8-6-9(8,5-1)7-3-4-7/h7-8H,1-6H2. The predicted molar refractivity (Wildman–Crippen MR) is 37.1 cm³/mol. The Bertz CT molecular complexity index is 142. The first kappa shape index (κ1) is 4.76. The second-order valence-electron chi connectivity index (χ2n) is 4.30. The second kappa shape index (κ2) is 1.21. The van der Waals surface area contributed by atoms with Gasteiger partial charge in [-0.05, 0) is 49.4 Å². The van der Waals surface area contributed by atoms with Gasteiger partial charge in [0.05, 0.1) is 0 Å². The summed E-state index contributed by atoms with van der Waals surface area (Å²) in [6, 6.07) is 0. The van der Waals surface area contributed by atoms with Gasteiger partial charge in [-0.25, -0.2) is 0 Å². The maximum absolute atomic E-state index is 1.62. The predicted octanol–water partition coefficient (Wildman–Crippen LogP) is 2.59. The first-order chi connectivity index (χ1) is 4.42. The molecule has 0 bridgehead atoms. The first-order valence-electron chi connectivity index (χ1n) is 4.42. The summed E-state index contributed by atoms with van der Waals surface area (Å²) in [4.78, 5) is 0. The zero-order valence-corrected chi connectivity index (χ0v) is 5.90. The van der Waals surface area contributed by atoms with E-state index in [1.54, 1.807) is 38.5 Å². The van der Waals surface area contributed by atoms with Crippen molar-refractivity contribution in [2.24, 2.45) is 17.3 Å². The molecule has 2 unspecified atom stereocenters. The number of rotatable bonds is 1. The van der Waals surface area contributed by atoms with Crippen LogP contribution in [0.3, 0.4) is 0 Å². The molecule has 3 aliphatic rings. The van der Waals surface area contributed by atoms with Gasteiger partial charge < -0.3 is 0 Å². The highest BCUT2D eigenvalue weighted by Crippen LogP contribution is 2.72. The summed E-state index contributed by atoms with van der Waals surface area (Å²) < 4.78 is 0. The highest BCUT2D eigenvalue weighted by Gasteiger charge is 2.63. The van der Waals surface area contributed by atoms with E-state index in [0.717, 1.165) is 5.41 Å². The molecule has 3 fully saturated rings. The van der Waals surface area contributed by atoms with Gasteiger partial charge >= 0.3 is 0 Å². The van der Waals surface area contributed by atoms with E-state index in [1.165, 1.54) is 11.8 Å². The van der Waals surface area contributed by atoms with Crippen LogP contribution in [0.2, 0.25) is 0 Å². The fourth-order valence-corrected chi connectivity index (χ4v) is 3.14. The van der Waals surface area contributed by atoms with E-state index in [0.29, 0.717) is 0 Å². The Balaban J connectivity index is 1.87. The fraction of sp³-hybridized carbons (Fsp3) is 1.00. The van der Waals surface area contributed by atoms with Crippen molar-refractivity contribution in [1.29, 1.82) is 0 Å². The van der Waals surface area contributed by atoms with Crippen LogP contribution in [0.1, 0.15) is 38.5 Å². The van der Waals surface area contributed by atoms with Crippen molar-refractivity contribution in [3.8, 4) is 0 Å². The molecule has 50 valence electrons. The topological polar surface area (TPSA) is 0 Å². The van der Waals surface area contributed by atoms with Crippen molar-refractivity contribution in [3.05, 3.63) is 0 Å². The smallest absolute Gasteiger partial charge is 0.0238 e. The minimum absolute atomic E-state index is 0.972. The lowest BCUT2D eigenvalue weighted by atomic mass is 9.98. The number of fused-ring (bicyclic) bond motifs is 1. The van der Waals surface area contributed by atoms with Gasteiger partial charge in [-0.1, -0.05) is 6.42 Å². The van der Waals surface area contributed by atoms with Gasteiger partial charge in [-0.15, -0.1) is 0 Å².